The summed E-state index contributed by atoms with van der Waals surface area (Å²) in [5.74, 6) is 0. The third-order valence-electron chi connectivity index (χ3n) is 1.07. The van der Waals surface area contributed by atoms with Gasteiger partial charge in [-0.1, -0.05) is 0 Å². The van der Waals surface area contributed by atoms with E-state index in [0.717, 1.165) is 0 Å². The predicted octanol–water partition coefficient (Wildman–Crippen LogP) is -2.74. The summed E-state index contributed by atoms with van der Waals surface area (Å²) in [6, 6.07) is 0. The highest BCUT2D eigenvalue weighted by atomic mass is 16.4. The van der Waals surface area contributed by atoms with Crippen LogP contribution in [0.25, 0.3) is 0 Å². The molecule has 4 N–H and O–H groups in total. The van der Waals surface area contributed by atoms with Crippen LogP contribution in [-0.2, 0) is 4.79 Å². The standard InChI is InChI=1S/C5H10O5/c6-1-3(8)5(10)4(9)2-7/h1,3-5,7-10H,2H2/t3-,4-,5+/m1/s1/i3+1. The van der Waals surface area contributed by atoms with Gasteiger partial charge in [0.05, 0.1) is 6.61 Å². The van der Waals surface area contributed by atoms with Crippen LogP contribution in [0.1, 0.15) is 0 Å². The molecule has 0 amide bonds. The molecular formula is C5H10O5. The van der Waals surface area contributed by atoms with Crippen molar-refractivity contribution in [3.05, 3.63) is 0 Å². The summed E-state index contributed by atoms with van der Waals surface area (Å²) >= 11 is 0. The fourth-order valence-electron chi connectivity index (χ4n) is 0.416. The van der Waals surface area contributed by atoms with Gasteiger partial charge in [0.15, 0.2) is 6.29 Å². The lowest BCUT2D eigenvalue weighted by Gasteiger charge is -2.16. The summed E-state index contributed by atoms with van der Waals surface area (Å²) in [7, 11) is 0. The Kier molecular flexibility index (Phi) is 4.13. The highest BCUT2D eigenvalue weighted by Gasteiger charge is 2.22. The van der Waals surface area contributed by atoms with E-state index in [9.17, 15) is 4.79 Å². The van der Waals surface area contributed by atoms with Crippen molar-refractivity contribution in [3.8, 4) is 0 Å². The lowest BCUT2D eigenvalue weighted by Crippen LogP contribution is -2.40. The van der Waals surface area contributed by atoms with Crippen molar-refractivity contribution in [3.63, 3.8) is 0 Å². The summed E-state index contributed by atoms with van der Waals surface area (Å²) < 4.78 is 0. The first-order valence-electron chi connectivity index (χ1n) is 2.73. The van der Waals surface area contributed by atoms with Crippen LogP contribution in [0.5, 0.6) is 0 Å². The van der Waals surface area contributed by atoms with E-state index in [1.165, 1.54) is 0 Å². The predicted molar refractivity (Wildman–Crippen MR) is 31.2 cm³/mol. The third-order valence-corrected chi connectivity index (χ3v) is 1.07. The molecule has 0 fully saturated rings. The lowest BCUT2D eigenvalue weighted by atomic mass is 10.3. The largest absolute Gasteiger partial charge is 0.394 e. The zero-order chi connectivity index (χ0) is 8.15. The second-order valence-electron chi connectivity index (χ2n) is 1.87. The third kappa shape index (κ3) is 2.40. The first-order chi connectivity index (χ1) is 4.63. The quantitative estimate of drug-likeness (QED) is 0.258. The van der Waals surface area contributed by atoms with Gasteiger partial charge in [-0.3, -0.25) is 0 Å². The molecule has 3 atom stereocenters. The van der Waals surface area contributed by atoms with E-state index >= 15 is 0 Å². The number of hydrogen-bond acceptors (Lipinski definition) is 5. The van der Waals surface area contributed by atoms with Gasteiger partial charge < -0.3 is 25.2 Å². The zero-order valence-corrected chi connectivity index (χ0v) is 5.21. The maximum absolute atomic E-state index is 9.76. The second kappa shape index (κ2) is 4.35. The number of aldehydes is 1. The molecule has 0 spiro atoms. The van der Waals surface area contributed by atoms with Gasteiger partial charge in [0.2, 0.25) is 0 Å². The van der Waals surface area contributed by atoms with Crippen LogP contribution in [0.4, 0.5) is 0 Å². The summed E-state index contributed by atoms with van der Waals surface area (Å²) in [5, 5.41) is 34.1. The van der Waals surface area contributed by atoms with Crippen LogP contribution in [0.15, 0.2) is 0 Å². The topological polar surface area (TPSA) is 98.0 Å². The Balaban J connectivity index is 3.80. The molecule has 60 valence electrons. The van der Waals surface area contributed by atoms with Gasteiger partial charge in [-0.2, -0.15) is 0 Å². The van der Waals surface area contributed by atoms with Crippen molar-refractivity contribution in [2.24, 2.45) is 0 Å². The number of carbonyl (C=O) groups excluding carboxylic acids is 1. The fraction of sp³-hybridized carbons (Fsp3) is 0.800. The lowest BCUT2D eigenvalue weighted by molar-refractivity contribution is -0.127. The minimum Gasteiger partial charge on any atom is -0.394 e. The van der Waals surface area contributed by atoms with Crippen molar-refractivity contribution < 1.29 is 25.2 Å². The summed E-state index contributed by atoms with van der Waals surface area (Å²) in [5.41, 5.74) is 0. The molecule has 5 heteroatoms. The molecule has 0 aliphatic rings. The van der Waals surface area contributed by atoms with Crippen LogP contribution >= 0.6 is 0 Å². The van der Waals surface area contributed by atoms with Crippen LogP contribution in [0.2, 0.25) is 0 Å². The number of carbonyl (C=O) groups is 1. The van der Waals surface area contributed by atoms with Crippen LogP contribution in [0.3, 0.4) is 0 Å². The van der Waals surface area contributed by atoms with E-state index in [1.807, 2.05) is 0 Å². The van der Waals surface area contributed by atoms with E-state index in [4.69, 9.17) is 20.4 Å². The van der Waals surface area contributed by atoms with E-state index in [2.05, 4.69) is 0 Å². The van der Waals surface area contributed by atoms with Crippen LogP contribution in [0, 0.1) is 0 Å². The molecule has 0 aromatic heterocycles. The average molecular weight is 151 g/mol. The highest BCUT2D eigenvalue weighted by molar-refractivity contribution is 5.56. The van der Waals surface area contributed by atoms with Gasteiger partial charge in [0.25, 0.3) is 0 Å². The van der Waals surface area contributed by atoms with E-state index in [0.29, 0.717) is 0 Å². The van der Waals surface area contributed by atoms with Crippen molar-refractivity contribution in [2.45, 2.75) is 18.3 Å². The summed E-state index contributed by atoms with van der Waals surface area (Å²) in [6.07, 6.45) is -4.63. The summed E-state index contributed by atoms with van der Waals surface area (Å²) in [6.45, 7) is -0.688. The van der Waals surface area contributed by atoms with E-state index in [-0.39, 0.29) is 6.29 Å². The van der Waals surface area contributed by atoms with Crippen molar-refractivity contribution in [1.82, 2.24) is 0 Å². The zero-order valence-electron chi connectivity index (χ0n) is 5.21. The molecule has 5 nitrogen and oxygen atoms in total. The Hall–Kier alpha value is -0.490. The van der Waals surface area contributed by atoms with Gasteiger partial charge in [0.1, 0.15) is 18.3 Å². The summed E-state index contributed by atoms with van der Waals surface area (Å²) in [4.78, 5) is 9.76. The molecule has 0 unspecified atom stereocenters. The van der Waals surface area contributed by atoms with Crippen molar-refractivity contribution >= 4 is 6.29 Å². The number of rotatable bonds is 4. The smallest absolute Gasteiger partial charge is 0.151 e. The molecule has 0 saturated carbocycles. The monoisotopic (exact) mass is 151 g/mol. The molecule has 0 rings (SSSR count). The Morgan fingerprint density at radius 2 is 1.80 bits per heavy atom. The normalized spacial score (nSPS) is 19.6. The van der Waals surface area contributed by atoms with Crippen LogP contribution in [-0.4, -0.2) is 51.6 Å². The molecule has 0 aliphatic heterocycles. The van der Waals surface area contributed by atoms with Gasteiger partial charge in [-0.15, -0.1) is 0 Å². The van der Waals surface area contributed by atoms with Gasteiger partial charge >= 0.3 is 0 Å². The Morgan fingerprint density at radius 3 is 2.10 bits per heavy atom. The molecule has 0 aliphatic carbocycles. The van der Waals surface area contributed by atoms with Crippen molar-refractivity contribution in [1.29, 1.82) is 0 Å². The molecule has 0 aromatic carbocycles. The highest BCUT2D eigenvalue weighted by Crippen LogP contribution is 1.96. The van der Waals surface area contributed by atoms with Gasteiger partial charge in [-0.05, 0) is 0 Å². The van der Waals surface area contributed by atoms with Gasteiger partial charge in [-0.25, -0.2) is 0 Å². The second-order valence-corrected chi connectivity index (χ2v) is 1.87. The number of hydrogen-bond donors (Lipinski definition) is 4. The molecule has 0 aromatic rings. The van der Waals surface area contributed by atoms with Crippen molar-refractivity contribution in [2.75, 3.05) is 6.61 Å². The number of aliphatic hydroxyl groups is 4. The SMILES string of the molecule is O=C[13C@@H](O)[C@H](O)[C@H](O)CO. The molecule has 0 saturated heterocycles. The molecule has 10 heavy (non-hydrogen) atoms. The molecule has 0 radical (unpaired) electrons. The van der Waals surface area contributed by atoms with E-state index < -0.39 is 24.9 Å². The first-order valence-corrected chi connectivity index (χ1v) is 2.73. The fourth-order valence-corrected chi connectivity index (χ4v) is 0.416. The number of aliphatic hydroxyl groups excluding tert-OH is 4. The first kappa shape index (κ1) is 9.51. The Morgan fingerprint density at radius 1 is 1.30 bits per heavy atom. The molecule has 0 bridgehead atoms. The minimum atomic E-state index is -1.64. The Labute approximate surface area is 57.5 Å². The maximum atomic E-state index is 9.76. The Bertz CT molecular complexity index is 104. The minimum absolute atomic E-state index is 0.0869. The molecule has 0 heterocycles. The van der Waals surface area contributed by atoms with Gasteiger partial charge in [0, 0.05) is 0 Å². The average Bonchev–Trinajstić information content (AvgIpc) is 2.00. The molecular weight excluding hydrogens is 141 g/mol. The maximum Gasteiger partial charge on any atom is 0.151 e. The van der Waals surface area contributed by atoms with E-state index in [1.54, 1.807) is 0 Å². The van der Waals surface area contributed by atoms with Crippen LogP contribution < -0.4 is 0 Å².